The second kappa shape index (κ2) is 7.04. The highest BCUT2D eigenvalue weighted by Crippen LogP contribution is 2.25. The monoisotopic (exact) mass is 251 g/mol. The normalized spacial score (nSPS) is 24.1. The van der Waals surface area contributed by atoms with Crippen LogP contribution in [0.4, 0.5) is 0 Å². The molecule has 1 aliphatic rings. The van der Waals surface area contributed by atoms with Crippen LogP contribution in [-0.4, -0.2) is 30.2 Å². The van der Waals surface area contributed by atoms with Crippen molar-refractivity contribution in [1.82, 2.24) is 5.32 Å². The van der Waals surface area contributed by atoms with E-state index >= 15 is 0 Å². The molecule has 1 N–H and O–H groups in total. The molecule has 0 saturated carbocycles. The van der Waals surface area contributed by atoms with Crippen LogP contribution in [-0.2, 0) is 11.3 Å². The van der Waals surface area contributed by atoms with Crippen LogP contribution in [0.3, 0.4) is 0 Å². The first-order chi connectivity index (χ1) is 8.36. The van der Waals surface area contributed by atoms with E-state index < -0.39 is 0 Å². The molecule has 17 heavy (non-hydrogen) atoms. The molecule has 2 unspecified atom stereocenters. The van der Waals surface area contributed by atoms with E-state index in [2.05, 4.69) is 36.1 Å². The van der Waals surface area contributed by atoms with E-state index in [0.29, 0.717) is 6.04 Å². The van der Waals surface area contributed by atoms with Crippen molar-refractivity contribution in [1.29, 1.82) is 0 Å². The van der Waals surface area contributed by atoms with Gasteiger partial charge < -0.3 is 10.1 Å². The maximum absolute atomic E-state index is 5.65. The Morgan fingerprint density at radius 1 is 1.35 bits per heavy atom. The highest BCUT2D eigenvalue weighted by atomic mass is 32.2. The van der Waals surface area contributed by atoms with Crippen LogP contribution in [0.2, 0.25) is 0 Å². The molecule has 2 rings (SSSR count). The lowest BCUT2D eigenvalue weighted by Gasteiger charge is -2.16. The zero-order chi connectivity index (χ0) is 11.9. The highest BCUT2D eigenvalue weighted by Gasteiger charge is 2.22. The molecule has 2 atom stereocenters. The topological polar surface area (TPSA) is 21.3 Å². The van der Waals surface area contributed by atoms with Gasteiger partial charge in [0.1, 0.15) is 0 Å². The van der Waals surface area contributed by atoms with Crippen LogP contribution in [0, 0.1) is 0 Å². The zero-order valence-corrected chi connectivity index (χ0v) is 11.2. The van der Waals surface area contributed by atoms with E-state index in [1.54, 1.807) is 0 Å². The summed E-state index contributed by atoms with van der Waals surface area (Å²) in [6.45, 7) is 4.78. The van der Waals surface area contributed by atoms with Crippen molar-refractivity contribution in [2.45, 2.75) is 31.2 Å². The predicted octanol–water partition coefficient (Wildman–Crippen LogP) is 2.69. The lowest BCUT2D eigenvalue weighted by molar-refractivity contribution is 0.120. The van der Waals surface area contributed by atoms with E-state index in [1.165, 1.54) is 17.7 Å². The van der Waals surface area contributed by atoms with Crippen molar-refractivity contribution in [3.05, 3.63) is 35.9 Å². The minimum atomic E-state index is 0.681. The van der Waals surface area contributed by atoms with Gasteiger partial charge in [-0.05, 0) is 17.7 Å². The van der Waals surface area contributed by atoms with Gasteiger partial charge in [-0.25, -0.2) is 0 Å². The van der Waals surface area contributed by atoms with E-state index in [9.17, 15) is 0 Å². The average molecular weight is 251 g/mol. The van der Waals surface area contributed by atoms with Crippen molar-refractivity contribution >= 4 is 11.8 Å². The molecule has 0 spiro atoms. The molecule has 94 valence electrons. The summed E-state index contributed by atoms with van der Waals surface area (Å²) in [5, 5.41) is 4.33. The summed E-state index contributed by atoms with van der Waals surface area (Å²) < 4.78 is 5.65. The molecule has 2 nitrogen and oxygen atoms in total. The summed E-state index contributed by atoms with van der Waals surface area (Å²) in [6.07, 6.45) is 1.30. The predicted molar refractivity (Wildman–Crippen MR) is 74.4 cm³/mol. The second-order valence-corrected chi connectivity index (χ2v) is 5.95. The zero-order valence-electron chi connectivity index (χ0n) is 10.4. The third-order valence-corrected chi connectivity index (χ3v) is 4.47. The van der Waals surface area contributed by atoms with Crippen LogP contribution in [0.5, 0.6) is 0 Å². The lowest BCUT2D eigenvalue weighted by atomic mass is 10.2. The smallest absolute Gasteiger partial charge is 0.0717 e. The number of benzene rings is 1. The van der Waals surface area contributed by atoms with Gasteiger partial charge in [-0.3, -0.25) is 0 Å². The Balaban J connectivity index is 1.55. The first-order valence-corrected chi connectivity index (χ1v) is 7.38. The Hall–Kier alpha value is -0.510. The summed E-state index contributed by atoms with van der Waals surface area (Å²) in [5.74, 6) is 1.30. The van der Waals surface area contributed by atoms with E-state index in [0.717, 1.165) is 25.0 Å². The first kappa shape index (κ1) is 12.9. The van der Waals surface area contributed by atoms with Gasteiger partial charge in [0.25, 0.3) is 0 Å². The molecule has 0 radical (unpaired) electrons. The van der Waals surface area contributed by atoms with Gasteiger partial charge in [-0.2, -0.15) is 11.8 Å². The van der Waals surface area contributed by atoms with Crippen LogP contribution in [0.15, 0.2) is 30.3 Å². The quantitative estimate of drug-likeness (QED) is 0.786. The van der Waals surface area contributed by atoms with Gasteiger partial charge >= 0.3 is 0 Å². The van der Waals surface area contributed by atoms with Crippen LogP contribution in [0.1, 0.15) is 18.9 Å². The molecule has 0 bridgehead atoms. The number of nitrogens with one attached hydrogen (secondary N) is 1. The summed E-state index contributed by atoms with van der Waals surface area (Å²) in [7, 11) is 0. The number of ether oxygens (including phenoxy) is 1. The summed E-state index contributed by atoms with van der Waals surface area (Å²) in [5.41, 5.74) is 1.25. The molecular weight excluding hydrogens is 230 g/mol. The molecule has 1 aromatic rings. The number of hydrogen-bond donors (Lipinski definition) is 1. The molecule has 1 saturated heterocycles. The summed E-state index contributed by atoms with van der Waals surface area (Å²) in [6, 6.07) is 11.0. The molecule has 0 amide bonds. The SMILES string of the molecule is CC1SCCC1NCCOCc1ccccc1. The Labute approximate surface area is 108 Å². The average Bonchev–Trinajstić information content (AvgIpc) is 2.76. The van der Waals surface area contributed by atoms with Crippen LogP contribution < -0.4 is 5.32 Å². The largest absolute Gasteiger partial charge is 0.375 e. The van der Waals surface area contributed by atoms with Crippen molar-refractivity contribution in [2.24, 2.45) is 0 Å². The van der Waals surface area contributed by atoms with Crippen LogP contribution >= 0.6 is 11.8 Å². The van der Waals surface area contributed by atoms with Gasteiger partial charge in [0.2, 0.25) is 0 Å². The van der Waals surface area contributed by atoms with Crippen molar-refractivity contribution in [3.8, 4) is 0 Å². The number of hydrogen-bond acceptors (Lipinski definition) is 3. The van der Waals surface area contributed by atoms with Gasteiger partial charge in [0.15, 0.2) is 0 Å². The van der Waals surface area contributed by atoms with Crippen LogP contribution in [0.25, 0.3) is 0 Å². The van der Waals surface area contributed by atoms with Gasteiger partial charge in [0.05, 0.1) is 13.2 Å². The minimum absolute atomic E-state index is 0.681. The molecule has 1 aromatic carbocycles. The second-order valence-electron chi connectivity index (χ2n) is 4.46. The Bertz CT molecular complexity index is 317. The molecule has 1 aliphatic heterocycles. The molecule has 0 aliphatic carbocycles. The number of rotatable bonds is 6. The molecule has 0 aromatic heterocycles. The molecule has 3 heteroatoms. The summed E-state index contributed by atoms with van der Waals surface area (Å²) >= 11 is 2.06. The molecular formula is C14H21NOS. The highest BCUT2D eigenvalue weighted by molar-refractivity contribution is 8.00. The van der Waals surface area contributed by atoms with Gasteiger partial charge in [-0.15, -0.1) is 0 Å². The van der Waals surface area contributed by atoms with E-state index in [-0.39, 0.29) is 0 Å². The molecule has 1 heterocycles. The third-order valence-electron chi connectivity index (χ3n) is 3.14. The Morgan fingerprint density at radius 3 is 2.88 bits per heavy atom. The lowest BCUT2D eigenvalue weighted by Crippen LogP contribution is -2.35. The van der Waals surface area contributed by atoms with E-state index in [1.807, 2.05) is 18.2 Å². The maximum Gasteiger partial charge on any atom is 0.0717 e. The fraction of sp³-hybridized carbons (Fsp3) is 0.571. The maximum atomic E-state index is 5.65. The molecule has 1 fully saturated rings. The fourth-order valence-corrected chi connectivity index (χ4v) is 3.31. The van der Waals surface area contributed by atoms with Crippen molar-refractivity contribution in [2.75, 3.05) is 18.9 Å². The number of thioether (sulfide) groups is 1. The standard InChI is InChI=1S/C14H21NOS/c1-12-14(7-10-17-12)15-8-9-16-11-13-5-3-2-4-6-13/h2-6,12,14-15H,7-11H2,1H3. The van der Waals surface area contributed by atoms with E-state index in [4.69, 9.17) is 4.74 Å². The first-order valence-electron chi connectivity index (χ1n) is 6.33. The minimum Gasteiger partial charge on any atom is -0.375 e. The Morgan fingerprint density at radius 2 is 2.18 bits per heavy atom. The van der Waals surface area contributed by atoms with Gasteiger partial charge in [0, 0.05) is 17.8 Å². The fourth-order valence-electron chi connectivity index (χ4n) is 2.08. The third kappa shape index (κ3) is 4.34. The Kier molecular flexibility index (Phi) is 5.36. The van der Waals surface area contributed by atoms with Gasteiger partial charge in [-0.1, -0.05) is 37.3 Å². The summed E-state index contributed by atoms with van der Waals surface area (Å²) in [4.78, 5) is 0. The van der Waals surface area contributed by atoms with Crippen molar-refractivity contribution < 1.29 is 4.74 Å². The van der Waals surface area contributed by atoms with Crippen molar-refractivity contribution in [3.63, 3.8) is 0 Å².